The van der Waals surface area contributed by atoms with Gasteiger partial charge in [-0.15, -0.1) is 0 Å². The third-order valence-electron chi connectivity index (χ3n) is 2.54. The zero-order valence-corrected chi connectivity index (χ0v) is 11.9. The highest BCUT2D eigenvalue weighted by Crippen LogP contribution is 2.11. The van der Waals surface area contributed by atoms with Crippen LogP contribution in [0.5, 0.6) is 0 Å². The first-order valence-corrected chi connectivity index (χ1v) is 6.52. The van der Waals surface area contributed by atoms with Crippen LogP contribution in [0.3, 0.4) is 0 Å². The maximum absolute atomic E-state index is 11.3. The molecule has 0 bridgehead atoms. The molecule has 0 aromatic heterocycles. The second-order valence-electron chi connectivity index (χ2n) is 5.43. The van der Waals surface area contributed by atoms with Crippen molar-refractivity contribution in [3.05, 3.63) is 0 Å². The molecule has 1 atom stereocenters. The molecule has 5 heteroatoms. The Morgan fingerprint density at radius 3 is 2.33 bits per heavy atom. The number of carbonyl (C=O) groups excluding carboxylic acids is 2. The van der Waals surface area contributed by atoms with Crippen LogP contribution in [0.1, 0.15) is 53.4 Å². The van der Waals surface area contributed by atoms with E-state index in [1.54, 1.807) is 0 Å². The summed E-state index contributed by atoms with van der Waals surface area (Å²) >= 11 is 0. The summed E-state index contributed by atoms with van der Waals surface area (Å²) in [7, 11) is 0. The number of alkyl carbamates (subject to hydrolysis) is 1. The molecule has 0 saturated carbocycles. The zero-order chi connectivity index (χ0) is 14.2. The summed E-state index contributed by atoms with van der Waals surface area (Å²) in [5.74, 6) is -0.288. The molecule has 106 valence electrons. The molecule has 0 aliphatic rings. The van der Waals surface area contributed by atoms with Gasteiger partial charge in [0, 0.05) is 12.5 Å². The fraction of sp³-hybridized carbons (Fsp3) is 0.846. The molecule has 0 fully saturated rings. The molecule has 0 radical (unpaired) electrons. The Morgan fingerprint density at radius 2 is 1.89 bits per heavy atom. The average molecular weight is 258 g/mol. The fourth-order valence-electron chi connectivity index (χ4n) is 1.57. The van der Waals surface area contributed by atoms with Gasteiger partial charge in [0.25, 0.3) is 0 Å². The van der Waals surface area contributed by atoms with Gasteiger partial charge < -0.3 is 15.8 Å². The van der Waals surface area contributed by atoms with Crippen LogP contribution in [0.25, 0.3) is 0 Å². The van der Waals surface area contributed by atoms with Crippen molar-refractivity contribution in [2.24, 2.45) is 11.7 Å². The number of rotatable bonds is 7. The number of amides is 2. The van der Waals surface area contributed by atoms with E-state index in [-0.39, 0.29) is 11.8 Å². The van der Waals surface area contributed by atoms with E-state index in [9.17, 15) is 9.59 Å². The van der Waals surface area contributed by atoms with Gasteiger partial charge in [0.2, 0.25) is 5.91 Å². The van der Waals surface area contributed by atoms with Crippen molar-refractivity contribution < 1.29 is 14.3 Å². The van der Waals surface area contributed by atoms with Crippen molar-refractivity contribution in [2.75, 3.05) is 6.54 Å². The molecule has 5 nitrogen and oxygen atoms in total. The number of nitrogens with one attached hydrogen (secondary N) is 1. The Labute approximate surface area is 109 Å². The van der Waals surface area contributed by atoms with Crippen LogP contribution in [-0.2, 0) is 9.53 Å². The van der Waals surface area contributed by atoms with Gasteiger partial charge in [0.15, 0.2) is 0 Å². The van der Waals surface area contributed by atoms with Crippen LogP contribution < -0.4 is 11.1 Å². The van der Waals surface area contributed by atoms with E-state index >= 15 is 0 Å². The summed E-state index contributed by atoms with van der Waals surface area (Å²) in [6, 6.07) is 0. The second kappa shape index (κ2) is 7.95. The van der Waals surface area contributed by atoms with Crippen molar-refractivity contribution in [3.8, 4) is 0 Å². The number of hydrogen-bond acceptors (Lipinski definition) is 3. The quantitative estimate of drug-likeness (QED) is 0.687. The number of primary amides is 1. The van der Waals surface area contributed by atoms with Crippen molar-refractivity contribution in [1.82, 2.24) is 5.32 Å². The highest BCUT2D eigenvalue weighted by atomic mass is 16.6. The van der Waals surface area contributed by atoms with Crippen LogP contribution in [0, 0.1) is 5.92 Å². The Kier molecular flexibility index (Phi) is 7.39. The van der Waals surface area contributed by atoms with Gasteiger partial charge in [-0.2, -0.15) is 0 Å². The molecule has 0 heterocycles. The summed E-state index contributed by atoms with van der Waals surface area (Å²) in [6.45, 7) is 7.99. The van der Waals surface area contributed by atoms with Crippen molar-refractivity contribution in [2.45, 2.75) is 59.0 Å². The minimum Gasteiger partial charge on any atom is -0.444 e. The van der Waals surface area contributed by atoms with E-state index in [2.05, 4.69) is 5.32 Å². The third kappa shape index (κ3) is 8.84. The van der Waals surface area contributed by atoms with Crippen LogP contribution in [0.15, 0.2) is 0 Å². The Morgan fingerprint density at radius 1 is 1.28 bits per heavy atom. The summed E-state index contributed by atoms with van der Waals surface area (Å²) in [4.78, 5) is 22.3. The monoisotopic (exact) mass is 258 g/mol. The van der Waals surface area contributed by atoms with Gasteiger partial charge in [-0.3, -0.25) is 4.79 Å². The molecule has 0 spiro atoms. The summed E-state index contributed by atoms with van der Waals surface area (Å²) in [5.41, 5.74) is 4.78. The molecule has 0 rings (SSSR count). The molecule has 3 N–H and O–H groups in total. The van der Waals surface area contributed by atoms with Crippen LogP contribution in [0.4, 0.5) is 4.79 Å². The van der Waals surface area contributed by atoms with E-state index in [0.29, 0.717) is 6.54 Å². The van der Waals surface area contributed by atoms with Crippen molar-refractivity contribution in [3.63, 3.8) is 0 Å². The smallest absolute Gasteiger partial charge is 0.407 e. The highest BCUT2D eigenvalue weighted by Gasteiger charge is 2.15. The lowest BCUT2D eigenvalue weighted by Crippen LogP contribution is -2.33. The van der Waals surface area contributed by atoms with Gasteiger partial charge in [-0.1, -0.05) is 13.3 Å². The average Bonchev–Trinajstić information content (AvgIpc) is 2.20. The van der Waals surface area contributed by atoms with Crippen LogP contribution in [0.2, 0.25) is 0 Å². The second-order valence-corrected chi connectivity index (χ2v) is 5.43. The molecule has 0 aromatic rings. The predicted octanol–water partition coefficient (Wildman–Crippen LogP) is 2.19. The Balaban J connectivity index is 3.62. The standard InChI is InChI=1S/C13H26N2O3/c1-5-10(11(14)16)8-6-7-9-15-12(17)18-13(2,3)4/h10H,5-9H2,1-4H3,(H2,14,16)(H,15,17). The van der Waals surface area contributed by atoms with Crippen molar-refractivity contribution in [1.29, 1.82) is 0 Å². The highest BCUT2D eigenvalue weighted by molar-refractivity contribution is 5.76. The van der Waals surface area contributed by atoms with Gasteiger partial charge >= 0.3 is 6.09 Å². The largest absolute Gasteiger partial charge is 0.444 e. The van der Waals surface area contributed by atoms with E-state index in [4.69, 9.17) is 10.5 Å². The first-order valence-electron chi connectivity index (χ1n) is 6.52. The molecule has 1 unspecified atom stereocenters. The van der Waals surface area contributed by atoms with Crippen LogP contribution in [-0.4, -0.2) is 24.1 Å². The number of carbonyl (C=O) groups is 2. The van der Waals surface area contributed by atoms with Gasteiger partial charge in [0.1, 0.15) is 5.60 Å². The SMILES string of the molecule is CCC(CCCCNC(=O)OC(C)(C)C)C(N)=O. The van der Waals surface area contributed by atoms with E-state index in [1.165, 1.54) is 0 Å². The van der Waals surface area contributed by atoms with Gasteiger partial charge in [0.05, 0.1) is 0 Å². The first kappa shape index (κ1) is 16.7. The predicted molar refractivity (Wildman–Crippen MR) is 71.1 cm³/mol. The minimum atomic E-state index is -0.469. The molecule has 18 heavy (non-hydrogen) atoms. The third-order valence-corrected chi connectivity index (χ3v) is 2.54. The normalized spacial score (nSPS) is 12.9. The number of nitrogens with two attached hydrogens (primary N) is 1. The van der Waals surface area contributed by atoms with Gasteiger partial charge in [-0.05, 0) is 40.0 Å². The maximum Gasteiger partial charge on any atom is 0.407 e. The fourth-order valence-corrected chi connectivity index (χ4v) is 1.57. The minimum absolute atomic E-state index is 0.0495. The lowest BCUT2D eigenvalue weighted by atomic mass is 9.99. The lowest BCUT2D eigenvalue weighted by molar-refractivity contribution is -0.122. The topological polar surface area (TPSA) is 81.4 Å². The molecule has 0 aromatic carbocycles. The van der Waals surface area contributed by atoms with E-state index < -0.39 is 11.7 Å². The van der Waals surface area contributed by atoms with Crippen LogP contribution >= 0.6 is 0 Å². The van der Waals surface area contributed by atoms with E-state index in [0.717, 1.165) is 25.7 Å². The molecular weight excluding hydrogens is 232 g/mol. The Hall–Kier alpha value is -1.26. The van der Waals surface area contributed by atoms with Crippen molar-refractivity contribution >= 4 is 12.0 Å². The first-order chi connectivity index (χ1) is 8.26. The number of ether oxygens (including phenoxy) is 1. The molecule has 2 amide bonds. The summed E-state index contributed by atoms with van der Waals surface area (Å²) in [5, 5.41) is 2.68. The Bertz CT molecular complexity index is 272. The van der Waals surface area contributed by atoms with E-state index in [1.807, 2.05) is 27.7 Å². The molecule has 0 saturated heterocycles. The number of hydrogen-bond donors (Lipinski definition) is 2. The molecule has 0 aliphatic heterocycles. The zero-order valence-electron chi connectivity index (χ0n) is 11.9. The number of unbranched alkanes of at least 4 members (excludes halogenated alkanes) is 1. The summed E-state index contributed by atoms with van der Waals surface area (Å²) < 4.78 is 5.10. The summed E-state index contributed by atoms with van der Waals surface area (Å²) in [6.07, 6.45) is 2.85. The molecular formula is C13H26N2O3. The van der Waals surface area contributed by atoms with Gasteiger partial charge in [-0.25, -0.2) is 4.79 Å². The lowest BCUT2D eigenvalue weighted by Gasteiger charge is -2.19. The maximum atomic E-state index is 11.3. The molecule has 0 aliphatic carbocycles.